The average Bonchev–Trinajstić information content (AvgIpc) is 2.64. The maximum absolute atomic E-state index is 12.2. The molecular weight excluding hydrogens is 334 g/mol. The summed E-state index contributed by atoms with van der Waals surface area (Å²) in [6.07, 6.45) is 0. The normalized spacial score (nSPS) is 11.9. The summed E-state index contributed by atoms with van der Waals surface area (Å²) in [6, 6.07) is 9.53. The Bertz CT molecular complexity index is 936. The zero-order valence-corrected chi connectivity index (χ0v) is 15.6. The van der Waals surface area contributed by atoms with Crippen LogP contribution in [0.5, 0.6) is 5.75 Å². The summed E-state index contributed by atoms with van der Waals surface area (Å²) < 4.78 is 7.39. The molecule has 2 rings (SSSR count). The minimum atomic E-state index is -0.607. The molecule has 0 saturated carbocycles. The van der Waals surface area contributed by atoms with Crippen molar-refractivity contribution in [3.63, 3.8) is 0 Å². The maximum atomic E-state index is 12.2. The fraction of sp³-hybridized carbons (Fsp3) is 0.389. The van der Waals surface area contributed by atoms with E-state index in [1.54, 1.807) is 7.11 Å². The highest BCUT2D eigenvalue weighted by Crippen LogP contribution is 2.22. The first-order valence-electron chi connectivity index (χ1n) is 8.06. The van der Waals surface area contributed by atoms with Crippen molar-refractivity contribution < 1.29 is 4.74 Å². The number of hydrogen-bond acceptors (Lipinski definition) is 6. The molecule has 0 unspecified atom stereocenters. The quantitative estimate of drug-likeness (QED) is 0.817. The molecule has 0 spiro atoms. The number of aromatic nitrogens is 2. The van der Waals surface area contributed by atoms with Crippen molar-refractivity contribution in [2.45, 2.75) is 6.04 Å². The minimum Gasteiger partial charge on any atom is -0.497 e. The highest BCUT2D eigenvalue weighted by molar-refractivity contribution is 5.51. The van der Waals surface area contributed by atoms with Crippen LogP contribution < -0.4 is 21.3 Å². The van der Waals surface area contributed by atoms with Crippen molar-refractivity contribution in [3.8, 4) is 11.8 Å². The van der Waals surface area contributed by atoms with Gasteiger partial charge in [-0.3, -0.25) is 13.9 Å². The molecule has 1 heterocycles. The monoisotopic (exact) mass is 357 g/mol. The van der Waals surface area contributed by atoms with Crippen LogP contribution >= 0.6 is 0 Å². The molecule has 8 heteroatoms. The van der Waals surface area contributed by atoms with Crippen molar-refractivity contribution in [1.82, 2.24) is 14.0 Å². The molecule has 0 bridgehead atoms. The van der Waals surface area contributed by atoms with E-state index in [4.69, 9.17) is 4.74 Å². The van der Waals surface area contributed by atoms with Crippen LogP contribution in [-0.4, -0.2) is 41.8 Å². The van der Waals surface area contributed by atoms with Crippen LogP contribution in [0.1, 0.15) is 17.2 Å². The summed E-state index contributed by atoms with van der Waals surface area (Å²) in [5, 5.41) is 12.4. The number of rotatable bonds is 6. The number of ether oxygens (including phenoxy) is 1. The zero-order chi connectivity index (χ0) is 19.4. The highest BCUT2D eigenvalue weighted by Gasteiger charge is 2.19. The summed E-state index contributed by atoms with van der Waals surface area (Å²) in [4.78, 5) is 26.3. The van der Waals surface area contributed by atoms with E-state index in [1.165, 1.54) is 18.7 Å². The smallest absolute Gasteiger partial charge is 0.332 e. The van der Waals surface area contributed by atoms with Crippen molar-refractivity contribution in [2.75, 3.05) is 33.1 Å². The molecule has 138 valence electrons. The van der Waals surface area contributed by atoms with Crippen molar-refractivity contribution in [3.05, 3.63) is 56.2 Å². The molecule has 0 amide bonds. The van der Waals surface area contributed by atoms with Crippen molar-refractivity contribution >= 4 is 5.82 Å². The second kappa shape index (κ2) is 7.89. The van der Waals surface area contributed by atoms with Gasteiger partial charge in [0.1, 0.15) is 17.6 Å². The van der Waals surface area contributed by atoms with Gasteiger partial charge < -0.3 is 15.0 Å². The molecule has 0 saturated heterocycles. The summed E-state index contributed by atoms with van der Waals surface area (Å²) in [5.74, 6) is 0.987. The number of nitrogens with zero attached hydrogens (tertiary/aromatic N) is 4. The summed E-state index contributed by atoms with van der Waals surface area (Å²) in [6.45, 7) is 0.411. The minimum absolute atomic E-state index is 0.0355. The first-order valence-corrected chi connectivity index (χ1v) is 8.06. The number of likely N-dealkylation sites (N-methyl/N-ethyl adjacent to an activating group) is 1. The third kappa shape index (κ3) is 3.63. The van der Waals surface area contributed by atoms with Gasteiger partial charge in [0, 0.05) is 20.6 Å². The Labute approximate surface area is 151 Å². The zero-order valence-electron chi connectivity index (χ0n) is 15.6. The fourth-order valence-electron chi connectivity index (χ4n) is 2.77. The lowest BCUT2D eigenvalue weighted by Crippen LogP contribution is -2.40. The Kier molecular flexibility index (Phi) is 5.85. The van der Waals surface area contributed by atoms with Gasteiger partial charge in [-0.05, 0) is 31.8 Å². The second-order valence-electron chi connectivity index (χ2n) is 6.17. The summed E-state index contributed by atoms with van der Waals surface area (Å²) in [7, 11) is 8.37. The summed E-state index contributed by atoms with van der Waals surface area (Å²) in [5.41, 5.74) is -0.135. The fourth-order valence-corrected chi connectivity index (χ4v) is 2.77. The van der Waals surface area contributed by atoms with Crippen LogP contribution in [0.2, 0.25) is 0 Å². The van der Waals surface area contributed by atoms with E-state index in [0.29, 0.717) is 6.54 Å². The Morgan fingerprint density at radius 1 is 1.19 bits per heavy atom. The molecule has 0 aliphatic heterocycles. The van der Waals surface area contributed by atoms with Crippen LogP contribution in [0.25, 0.3) is 0 Å². The lowest BCUT2D eigenvalue weighted by atomic mass is 10.1. The van der Waals surface area contributed by atoms with E-state index in [0.717, 1.165) is 15.9 Å². The van der Waals surface area contributed by atoms with Crippen molar-refractivity contribution in [2.24, 2.45) is 14.1 Å². The molecule has 8 nitrogen and oxygen atoms in total. The van der Waals surface area contributed by atoms with Gasteiger partial charge in [-0.25, -0.2) is 4.79 Å². The predicted octanol–water partition coefficient (Wildman–Crippen LogP) is 0.679. The molecule has 0 fully saturated rings. The molecule has 1 aromatic carbocycles. The maximum Gasteiger partial charge on any atom is 0.332 e. The Hall–Kier alpha value is -3.05. The number of hydrogen-bond donors (Lipinski definition) is 1. The van der Waals surface area contributed by atoms with Gasteiger partial charge in [0.15, 0.2) is 5.56 Å². The number of nitrogens with one attached hydrogen (secondary N) is 1. The Balaban J connectivity index is 2.37. The molecular formula is C18H23N5O3. The SMILES string of the molecule is COc1ccc([C@@H](CNc2c(C#N)c(=O)n(C)c(=O)n2C)N(C)C)cc1. The highest BCUT2D eigenvalue weighted by atomic mass is 16.5. The van der Waals surface area contributed by atoms with E-state index in [1.807, 2.05) is 49.3 Å². The van der Waals surface area contributed by atoms with E-state index >= 15 is 0 Å². The lowest BCUT2D eigenvalue weighted by Gasteiger charge is -2.26. The van der Waals surface area contributed by atoms with Gasteiger partial charge in [0.05, 0.1) is 13.2 Å². The number of anilines is 1. The average molecular weight is 357 g/mol. The third-order valence-electron chi connectivity index (χ3n) is 4.36. The van der Waals surface area contributed by atoms with Gasteiger partial charge in [0.2, 0.25) is 0 Å². The number of benzene rings is 1. The predicted molar refractivity (Wildman–Crippen MR) is 99.6 cm³/mol. The standard InChI is InChI=1S/C18H23N5O3/c1-21(2)15(12-6-8-13(26-5)9-7-12)11-20-16-14(10-19)17(24)23(4)18(25)22(16)3/h6-9,15,20H,11H2,1-5H3/t15-/m1/s1. The number of nitriles is 1. The molecule has 1 N–H and O–H groups in total. The van der Waals surface area contributed by atoms with Gasteiger partial charge in [0.25, 0.3) is 5.56 Å². The molecule has 1 aromatic heterocycles. The first-order chi connectivity index (χ1) is 12.3. The van der Waals surface area contributed by atoms with Crippen LogP contribution in [0.3, 0.4) is 0 Å². The first kappa shape index (κ1) is 19.3. The van der Waals surface area contributed by atoms with Gasteiger partial charge in [-0.2, -0.15) is 5.26 Å². The molecule has 1 atom stereocenters. The van der Waals surface area contributed by atoms with Crippen LogP contribution in [-0.2, 0) is 14.1 Å². The van der Waals surface area contributed by atoms with Gasteiger partial charge in [-0.15, -0.1) is 0 Å². The third-order valence-corrected chi connectivity index (χ3v) is 4.36. The second-order valence-corrected chi connectivity index (χ2v) is 6.17. The van der Waals surface area contributed by atoms with E-state index < -0.39 is 11.2 Å². The largest absolute Gasteiger partial charge is 0.497 e. The molecule has 26 heavy (non-hydrogen) atoms. The van der Waals surface area contributed by atoms with Gasteiger partial charge in [-0.1, -0.05) is 12.1 Å². The Morgan fingerprint density at radius 3 is 2.31 bits per heavy atom. The molecule has 0 radical (unpaired) electrons. The molecule has 2 aromatic rings. The van der Waals surface area contributed by atoms with Crippen molar-refractivity contribution in [1.29, 1.82) is 5.26 Å². The van der Waals surface area contributed by atoms with Gasteiger partial charge >= 0.3 is 5.69 Å². The topological polar surface area (TPSA) is 92.3 Å². The molecule has 0 aliphatic carbocycles. The number of methoxy groups -OCH3 is 1. The van der Waals surface area contributed by atoms with Crippen LogP contribution in [0, 0.1) is 11.3 Å². The van der Waals surface area contributed by atoms with Crippen LogP contribution in [0.4, 0.5) is 5.82 Å². The van der Waals surface area contributed by atoms with E-state index in [2.05, 4.69) is 5.32 Å². The molecule has 0 aliphatic rings. The van der Waals surface area contributed by atoms with E-state index in [9.17, 15) is 14.9 Å². The van der Waals surface area contributed by atoms with E-state index in [-0.39, 0.29) is 17.4 Å². The lowest BCUT2D eigenvalue weighted by molar-refractivity contribution is 0.311. The Morgan fingerprint density at radius 2 is 1.81 bits per heavy atom. The summed E-state index contributed by atoms with van der Waals surface area (Å²) >= 11 is 0. The van der Waals surface area contributed by atoms with Crippen LogP contribution in [0.15, 0.2) is 33.9 Å².